The molecule has 6 heteroatoms. The molecule has 1 aromatic carbocycles. The minimum atomic E-state index is -0.430. The summed E-state index contributed by atoms with van der Waals surface area (Å²) in [5.74, 6) is 0.327. The second-order valence-electron chi connectivity index (χ2n) is 3.84. The maximum absolute atomic E-state index is 10.9. The zero-order chi connectivity index (χ0) is 12.0. The first kappa shape index (κ1) is 9.83. The summed E-state index contributed by atoms with van der Waals surface area (Å²) in [5, 5.41) is 15.0. The molecule has 0 saturated carbocycles. The van der Waals surface area contributed by atoms with E-state index in [0.29, 0.717) is 12.4 Å². The minimum absolute atomic E-state index is 0.00523. The van der Waals surface area contributed by atoms with Gasteiger partial charge in [-0.05, 0) is 6.07 Å². The molecule has 1 aliphatic rings. The van der Waals surface area contributed by atoms with Crippen molar-refractivity contribution in [2.45, 2.75) is 6.61 Å². The molecule has 3 rings (SSSR count). The maximum atomic E-state index is 10.9. The van der Waals surface area contributed by atoms with Gasteiger partial charge < -0.3 is 4.74 Å². The molecule has 1 aromatic heterocycles. The Morgan fingerprint density at radius 3 is 3.12 bits per heavy atom. The molecule has 0 spiro atoms. The molecule has 0 bridgehead atoms. The summed E-state index contributed by atoms with van der Waals surface area (Å²) >= 11 is 0. The number of hydrogen-bond acceptors (Lipinski definition) is 4. The molecule has 6 nitrogen and oxygen atoms in total. The van der Waals surface area contributed by atoms with Crippen LogP contribution in [0.25, 0.3) is 11.3 Å². The topological polar surface area (TPSA) is 70.2 Å². The van der Waals surface area contributed by atoms with Crippen LogP contribution in [0.1, 0.15) is 5.56 Å². The standard InChI is InChI=1S/C11H9N3O3/c1-13-10-7(5-12-13)6-17-11-8(10)3-2-4-9(11)14(15)16/h2-5H,6H2,1H3. The van der Waals surface area contributed by atoms with E-state index in [2.05, 4.69) is 5.10 Å². The first-order valence-corrected chi connectivity index (χ1v) is 5.10. The second-order valence-corrected chi connectivity index (χ2v) is 3.84. The predicted molar refractivity (Wildman–Crippen MR) is 59.6 cm³/mol. The molecule has 2 aromatic rings. The Hall–Kier alpha value is -2.37. The van der Waals surface area contributed by atoms with Crippen LogP contribution in [0.2, 0.25) is 0 Å². The van der Waals surface area contributed by atoms with Gasteiger partial charge in [0.25, 0.3) is 0 Å². The molecular weight excluding hydrogens is 222 g/mol. The molecule has 0 unspecified atom stereocenters. The number of benzene rings is 1. The van der Waals surface area contributed by atoms with E-state index in [0.717, 1.165) is 16.8 Å². The van der Waals surface area contributed by atoms with Crippen LogP contribution in [0, 0.1) is 10.1 Å². The molecule has 0 saturated heterocycles. The summed E-state index contributed by atoms with van der Waals surface area (Å²) in [6.45, 7) is 0.320. The molecule has 0 aliphatic carbocycles. The average Bonchev–Trinajstić information content (AvgIpc) is 2.70. The van der Waals surface area contributed by atoms with Gasteiger partial charge >= 0.3 is 5.69 Å². The van der Waals surface area contributed by atoms with Gasteiger partial charge in [-0.3, -0.25) is 14.8 Å². The average molecular weight is 231 g/mol. The van der Waals surface area contributed by atoms with E-state index in [4.69, 9.17) is 4.74 Å². The van der Waals surface area contributed by atoms with Crippen LogP contribution >= 0.6 is 0 Å². The number of rotatable bonds is 1. The molecule has 17 heavy (non-hydrogen) atoms. The minimum Gasteiger partial charge on any atom is -0.481 e. The fourth-order valence-corrected chi connectivity index (χ4v) is 2.09. The third kappa shape index (κ3) is 1.30. The summed E-state index contributed by atoms with van der Waals surface area (Å²) in [7, 11) is 1.81. The van der Waals surface area contributed by atoms with Gasteiger partial charge in [0, 0.05) is 24.2 Å². The number of ether oxygens (including phenoxy) is 1. The summed E-state index contributed by atoms with van der Waals surface area (Å²) in [5.41, 5.74) is 2.55. The normalized spacial score (nSPS) is 12.5. The third-order valence-electron chi connectivity index (χ3n) is 2.83. The number of hydrogen-bond donors (Lipinski definition) is 0. The Morgan fingerprint density at radius 2 is 2.35 bits per heavy atom. The highest BCUT2D eigenvalue weighted by Gasteiger charge is 2.27. The van der Waals surface area contributed by atoms with Crippen molar-refractivity contribution in [3.8, 4) is 17.0 Å². The van der Waals surface area contributed by atoms with Crippen molar-refractivity contribution in [2.75, 3.05) is 0 Å². The molecule has 1 aliphatic heterocycles. The smallest absolute Gasteiger partial charge is 0.311 e. The quantitative estimate of drug-likeness (QED) is 0.555. The number of nitro groups is 1. The van der Waals surface area contributed by atoms with E-state index < -0.39 is 4.92 Å². The monoisotopic (exact) mass is 231 g/mol. The first-order chi connectivity index (χ1) is 8.18. The van der Waals surface area contributed by atoms with E-state index in [1.54, 1.807) is 16.9 Å². The fraction of sp³-hybridized carbons (Fsp3) is 0.182. The lowest BCUT2D eigenvalue weighted by Gasteiger charge is -2.17. The maximum Gasteiger partial charge on any atom is 0.311 e. The van der Waals surface area contributed by atoms with E-state index in [1.165, 1.54) is 6.07 Å². The van der Waals surface area contributed by atoms with Crippen molar-refractivity contribution in [1.82, 2.24) is 9.78 Å². The van der Waals surface area contributed by atoms with Gasteiger partial charge in [-0.2, -0.15) is 5.10 Å². The summed E-state index contributed by atoms with van der Waals surface area (Å²) < 4.78 is 7.17. The molecule has 2 heterocycles. The summed E-state index contributed by atoms with van der Waals surface area (Å²) in [4.78, 5) is 10.5. The zero-order valence-corrected chi connectivity index (χ0v) is 9.08. The number of aromatic nitrogens is 2. The first-order valence-electron chi connectivity index (χ1n) is 5.10. The van der Waals surface area contributed by atoms with Crippen LogP contribution in [0.5, 0.6) is 5.75 Å². The van der Waals surface area contributed by atoms with Crippen molar-refractivity contribution in [3.63, 3.8) is 0 Å². The third-order valence-corrected chi connectivity index (χ3v) is 2.83. The zero-order valence-electron chi connectivity index (χ0n) is 9.08. The van der Waals surface area contributed by atoms with E-state index in [9.17, 15) is 10.1 Å². The van der Waals surface area contributed by atoms with Gasteiger partial charge in [0.1, 0.15) is 6.61 Å². The van der Waals surface area contributed by atoms with Crippen LogP contribution in [-0.2, 0) is 13.7 Å². The Bertz CT molecular complexity index is 618. The molecule has 86 valence electrons. The van der Waals surface area contributed by atoms with Gasteiger partial charge in [-0.1, -0.05) is 6.07 Å². The van der Waals surface area contributed by atoms with Crippen molar-refractivity contribution in [2.24, 2.45) is 7.05 Å². The lowest BCUT2D eigenvalue weighted by atomic mass is 10.0. The highest BCUT2D eigenvalue weighted by atomic mass is 16.6. The van der Waals surface area contributed by atoms with Crippen LogP contribution in [0.15, 0.2) is 24.4 Å². The Kier molecular flexibility index (Phi) is 1.91. The Balaban J connectivity index is 2.30. The van der Waals surface area contributed by atoms with Gasteiger partial charge in [0.05, 0.1) is 16.8 Å². The number of para-hydroxylation sites is 1. The van der Waals surface area contributed by atoms with Crippen molar-refractivity contribution >= 4 is 5.69 Å². The molecule has 0 N–H and O–H groups in total. The highest BCUT2D eigenvalue weighted by molar-refractivity contribution is 5.76. The van der Waals surface area contributed by atoms with Crippen LogP contribution in [0.3, 0.4) is 0 Å². The van der Waals surface area contributed by atoms with Crippen molar-refractivity contribution in [1.29, 1.82) is 0 Å². The SMILES string of the molecule is Cn1ncc2c1-c1cccc([N+](=O)[O-])c1OC2. The number of aryl methyl sites for hydroxylation is 1. The summed E-state index contributed by atoms with van der Waals surface area (Å²) in [6.07, 6.45) is 1.72. The van der Waals surface area contributed by atoms with Crippen molar-refractivity contribution < 1.29 is 9.66 Å². The van der Waals surface area contributed by atoms with Crippen LogP contribution in [-0.4, -0.2) is 14.7 Å². The number of fused-ring (bicyclic) bond motifs is 3. The number of nitro benzene ring substituents is 1. The predicted octanol–water partition coefficient (Wildman–Crippen LogP) is 1.89. The summed E-state index contributed by atoms with van der Waals surface area (Å²) in [6, 6.07) is 4.91. The molecule has 0 radical (unpaired) electrons. The second kappa shape index (κ2) is 3.31. The van der Waals surface area contributed by atoms with Gasteiger partial charge in [-0.25, -0.2) is 0 Å². The Morgan fingerprint density at radius 1 is 1.53 bits per heavy atom. The van der Waals surface area contributed by atoms with E-state index >= 15 is 0 Å². The largest absolute Gasteiger partial charge is 0.481 e. The Labute approximate surface area is 96.6 Å². The molecule has 0 amide bonds. The van der Waals surface area contributed by atoms with Crippen LogP contribution < -0.4 is 4.74 Å². The highest BCUT2D eigenvalue weighted by Crippen LogP contribution is 2.42. The van der Waals surface area contributed by atoms with Crippen molar-refractivity contribution in [3.05, 3.63) is 40.1 Å². The lowest BCUT2D eigenvalue weighted by molar-refractivity contribution is -0.385. The van der Waals surface area contributed by atoms with E-state index in [1.807, 2.05) is 13.1 Å². The molecule has 0 atom stereocenters. The molecular formula is C11H9N3O3. The molecule has 0 fully saturated rings. The number of nitrogens with zero attached hydrogens (tertiary/aromatic N) is 3. The fourth-order valence-electron chi connectivity index (χ4n) is 2.09. The van der Waals surface area contributed by atoms with Gasteiger partial charge in [0.2, 0.25) is 5.75 Å². The van der Waals surface area contributed by atoms with Gasteiger partial charge in [0.15, 0.2) is 0 Å². The van der Waals surface area contributed by atoms with Gasteiger partial charge in [-0.15, -0.1) is 0 Å². The lowest BCUT2D eigenvalue weighted by Crippen LogP contribution is -2.08. The van der Waals surface area contributed by atoms with Crippen LogP contribution in [0.4, 0.5) is 5.69 Å². The van der Waals surface area contributed by atoms with E-state index in [-0.39, 0.29) is 5.69 Å².